The Morgan fingerprint density at radius 2 is 1.87 bits per heavy atom. The van der Waals surface area contributed by atoms with E-state index in [4.69, 9.17) is 9.47 Å². The largest absolute Gasteiger partial charge is 0.454 e. The summed E-state index contributed by atoms with van der Waals surface area (Å²) < 4.78 is 11.2. The van der Waals surface area contributed by atoms with E-state index in [-0.39, 0.29) is 25.2 Å². The smallest absolute Gasteiger partial charge is 0.251 e. The lowest BCUT2D eigenvalue weighted by Crippen LogP contribution is -2.32. The molecule has 2 amide bonds. The number of para-hydroxylation sites is 1. The number of benzene rings is 2. The first-order valence-corrected chi connectivity index (χ1v) is 7.65. The van der Waals surface area contributed by atoms with E-state index in [0.29, 0.717) is 22.7 Å². The highest BCUT2D eigenvalue weighted by molar-refractivity contribution is 9.10. The number of carbonyl (C=O) groups is 2. The summed E-state index contributed by atoms with van der Waals surface area (Å²) in [6.45, 7) is 0.0172. The van der Waals surface area contributed by atoms with Crippen LogP contribution in [0.25, 0.3) is 0 Å². The molecular formula is C16H13BrN2O4. The first-order valence-electron chi connectivity index (χ1n) is 6.86. The minimum absolute atomic E-state index is 0.130. The van der Waals surface area contributed by atoms with Crippen molar-refractivity contribution in [3.05, 3.63) is 52.5 Å². The molecule has 0 aromatic heterocycles. The van der Waals surface area contributed by atoms with Gasteiger partial charge in [-0.25, -0.2) is 0 Å². The maximum absolute atomic E-state index is 12.1. The Kier molecular flexibility index (Phi) is 4.47. The first-order chi connectivity index (χ1) is 11.1. The van der Waals surface area contributed by atoms with Crippen LogP contribution in [0.15, 0.2) is 46.9 Å². The SMILES string of the molecule is O=C(CNC(=O)c1ccc2c(c1)OCO2)Nc1ccccc1Br. The molecular weight excluding hydrogens is 364 g/mol. The Morgan fingerprint density at radius 1 is 1.09 bits per heavy atom. The molecule has 0 saturated heterocycles. The van der Waals surface area contributed by atoms with Crippen LogP contribution in [0, 0.1) is 0 Å². The average Bonchev–Trinajstić information content (AvgIpc) is 3.02. The summed E-state index contributed by atoms with van der Waals surface area (Å²) in [5, 5.41) is 5.28. The second-order valence-electron chi connectivity index (χ2n) is 4.78. The van der Waals surface area contributed by atoms with Crippen molar-refractivity contribution in [2.75, 3.05) is 18.7 Å². The monoisotopic (exact) mass is 376 g/mol. The molecule has 1 aliphatic rings. The van der Waals surface area contributed by atoms with Crippen LogP contribution in [0.4, 0.5) is 5.69 Å². The van der Waals surface area contributed by atoms with Gasteiger partial charge in [0.05, 0.1) is 12.2 Å². The molecule has 2 aromatic rings. The first kappa shape index (κ1) is 15.4. The van der Waals surface area contributed by atoms with Crippen LogP contribution < -0.4 is 20.1 Å². The highest BCUT2D eigenvalue weighted by atomic mass is 79.9. The van der Waals surface area contributed by atoms with Crippen molar-refractivity contribution in [3.63, 3.8) is 0 Å². The second kappa shape index (κ2) is 6.70. The van der Waals surface area contributed by atoms with Crippen LogP contribution in [0.5, 0.6) is 11.5 Å². The summed E-state index contributed by atoms with van der Waals surface area (Å²) in [6, 6.07) is 12.1. The van der Waals surface area contributed by atoms with E-state index in [2.05, 4.69) is 26.6 Å². The van der Waals surface area contributed by atoms with Crippen molar-refractivity contribution >= 4 is 33.4 Å². The van der Waals surface area contributed by atoms with E-state index in [0.717, 1.165) is 4.47 Å². The van der Waals surface area contributed by atoms with Gasteiger partial charge >= 0.3 is 0 Å². The van der Waals surface area contributed by atoms with Gasteiger partial charge < -0.3 is 20.1 Å². The lowest BCUT2D eigenvalue weighted by molar-refractivity contribution is -0.115. The Morgan fingerprint density at radius 3 is 2.70 bits per heavy atom. The van der Waals surface area contributed by atoms with E-state index in [1.54, 1.807) is 24.3 Å². The number of amides is 2. The van der Waals surface area contributed by atoms with Gasteiger partial charge in [0.2, 0.25) is 12.7 Å². The van der Waals surface area contributed by atoms with Gasteiger partial charge in [-0.1, -0.05) is 12.1 Å². The molecule has 0 spiro atoms. The number of hydrogen-bond donors (Lipinski definition) is 2. The Hall–Kier alpha value is -2.54. The number of nitrogens with one attached hydrogen (secondary N) is 2. The summed E-state index contributed by atoms with van der Waals surface area (Å²) in [5.74, 6) is 0.458. The minimum Gasteiger partial charge on any atom is -0.454 e. The van der Waals surface area contributed by atoms with Crippen molar-refractivity contribution in [2.24, 2.45) is 0 Å². The molecule has 2 N–H and O–H groups in total. The van der Waals surface area contributed by atoms with Gasteiger partial charge in [-0.2, -0.15) is 0 Å². The zero-order valence-electron chi connectivity index (χ0n) is 12.0. The molecule has 0 unspecified atom stereocenters. The van der Waals surface area contributed by atoms with E-state index >= 15 is 0 Å². The van der Waals surface area contributed by atoms with Gasteiger partial charge in [-0.15, -0.1) is 0 Å². The molecule has 0 aliphatic carbocycles. The predicted octanol–water partition coefficient (Wildman–Crippen LogP) is 2.55. The van der Waals surface area contributed by atoms with Crippen LogP contribution in [-0.4, -0.2) is 25.2 Å². The van der Waals surface area contributed by atoms with E-state index in [1.807, 2.05) is 18.2 Å². The number of halogens is 1. The Bertz CT molecular complexity index is 763. The van der Waals surface area contributed by atoms with E-state index in [9.17, 15) is 9.59 Å². The summed E-state index contributed by atoms with van der Waals surface area (Å²) in [6.07, 6.45) is 0. The molecule has 0 saturated carbocycles. The highest BCUT2D eigenvalue weighted by Gasteiger charge is 2.16. The van der Waals surface area contributed by atoms with E-state index < -0.39 is 0 Å². The lowest BCUT2D eigenvalue weighted by Gasteiger charge is -2.08. The van der Waals surface area contributed by atoms with Gasteiger partial charge in [0.15, 0.2) is 11.5 Å². The van der Waals surface area contributed by atoms with Crippen molar-refractivity contribution in [3.8, 4) is 11.5 Å². The predicted molar refractivity (Wildman–Crippen MR) is 87.7 cm³/mol. The zero-order valence-corrected chi connectivity index (χ0v) is 13.6. The molecule has 0 radical (unpaired) electrons. The number of rotatable bonds is 4. The quantitative estimate of drug-likeness (QED) is 0.859. The number of ether oxygens (including phenoxy) is 2. The third kappa shape index (κ3) is 3.62. The van der Waals surface area contributed by atoms with Crippen molar-refractivity contribution in [2.45, 2.75) is 0 Å². The van der Waals surface area contributed by atoms with Gasteiger partial charge in [0, 0.05) is 10.0 Å². The van der Waals surface area contributed by atoms with Gasteiger partial charge in [0.25, 0.3) is 5.91 Å². The van der Waals surface area contributed by atoms with Gasteiger partial charge in [0.1, 0.15) is 0 Å². The summed E-state index contributed by atoms with van der Waals surface area (Å²) in [5.41, 5.74) is 1.05. The molecule has 1 aliphatic heterocycles. The van der Waals surface area contributed by atoms with Gasteiger partial charge in [-0.05, 0) is 46.3 Å². The normalized spacial score (nSPS) is 11.9. The molecule has 1 heterocycles. The molecule has 118 valence electrons. The second-order valence-corrected chi connectivity index (χ2v) is 5.63. The Labute approximate surface area is 140 Å². The van der Waals surface area contributed by atoms with Crippen LogP contribution in [0.1, 0.15) is 10.4 Å². The van der Waals surface area contributed by atoms with Crippen LogP contribution in [0.3, 0.4) is 0 Å². The maximum Gasteiger partial charge on any atom is 0.251 e. The molecule has 0 fully saturated rings. The third-order valence-electron chi connectivity index (χ3n) is 3.19. The molecule has 23 heavy (non-hydrogen) atoms. The minimum atomic E-state index is -0.356. The van der Waals surface area contributed by atoms with E-state index in [1.165, 1.54) is 0 Å². The molecule has 2 aromatic carbocycles. The Balaban J connectivity index is 1.56. The zero-order chi connectivity index (χ0) is 16.2. The molecule has 7 heteroatoms. The number of carbonyl (C=O) groups excluding carboxylic acids is 2. The van der Waals surface area contributed by atoms with Gasteiger partial charge in [-0.3, -0.25) is 9.59 Å². The van der Waals surface area contributed by atoms with Crippen LogP contribution in [0.2, 0.25) is 0 Å². The summed E-state index contributed by atoms with van der Waals surface area (Å²) in [4.78, 5) is 24.0. The fraction of sp³-hybridized carbons (Fsp3) is 0.125. The van der Waals surface area contributed by atoms with Crippen molar-refractivity contribution in [1.82, 2.24) is 5.32 Å². The average molecular weight is 377 g/mol. The van der Waals surface area contributed by atoms with Crippen molar-refractivity contribution < 1.29 is 19.1 Å². The number of fused-ring (bicyclic) bond motifs is 1. The fourth-order valence-electron chi connectivity index (χ4n) is 2.06. The number of anilines is 1. The molecule has 0 bridgehead atoms. The highest BCUT2D eigenvalue weighted by Crippen LogP contribution is 2.32. The standard InChI is InChI=1S/C16H13BrN2O4/c17-11-3-1-2-4-12(11)19-15(20)8-18-16(21)10-5-6-13-14(7-10)23-9-22-13/h1-7H,8-9H2,(H,18,21)(H,19,20). The summed E-state index contributed by atoms with van der Waals surface area (Å²) in [7, 11) is 0. The van der Waals surface area contributed by atoms with Crippen molar-refractivity contribution in [1.29, 1.82) is 0 Å². The summed E-state index contributed by atoms with van der Waals surface area (Å²) >= 11 is 3.34. The third-order valence-corrected chi connectivity index (χ3v) is 3.88. The van der Waals surface area contributed by atoms with Crippen LogP contribution in [-0.2, 0) is 4.79 Å². The lowest BCUT2D eigenvalue weighted by atomic mass is 10.2. The molecule has 3 rings (SSSR count). The topological polar surface area (TPSA) is 76.7 Å². The molecule has 0 atom stereocenters. The molecule has 6 nitrogen and oxygen atoms in total. The number of hydrogen-bond acceptors (Lipinski definition) is 4. The van der Waals surface area contributed by atoms with Crippen LogP contribution >= 0.6 is 15.9 Å². The fourth-order valence-corrected chi connectivity index (χ4v) is 2.44. The maximum atomic E-state index is 12.1.